The van der Waals surface area contributed by atoms with Crippen molar-refractivity contribution in [3.05, 3.63) is 111 Å². The minimum Gasteiger partial charge on any atom is -0.508 e. The highest BCUT2D eigenvalue weighted by Crippen LogP contribution is 2.42. The first-order chi connectivity index (χ1) is 14.9. The van der Waals surface area contributed by atoms with E-state index in [1.54, 1.807) is 48.5 Å². The Bertz CT molecular complexity index is 1070. The largest absolute Gasteiger partial charge is 0.508 e. The molecule has 0 saturated carbocycles. The third-order valence-electron chi connectivity index (χ3n) is 5.76. The number of rotatable bonds is 5. The second kappa shape index (κ2) is 8.55. The van der Waals surface area contributed by atoms with E-state index in [4.69, 9.17) is 0 Å². The van der Waals surface area contributed by atoms with Crippen LogP contribution < -0.4 is 0 Å². The molecule has 6 nitrogen and oxygen atoms in total. The molecular formula is C24H21FN2O4. The molecule has 3 atom stereocenters. The van der Waals surface area contributed by atoms with Crippen molar-refractivity contribution in [2.24, 2.45) is 0 Å². The van der Waals surface area contributed by atoms with Crippen molar-refractivity contribution in [3.63, 3.8) is 0 Å². The number of phenolic OH excluding ortho intramolecular Hbond substituents is 1. The smallest absolute Gasteiger partial charge is 0.244 e. The van der Waals surface area contributed by atoms with Gasteiger partial charge in [0.05, 0.1) is 5.92 Å². The average molecular weight is 420 g/mol. The molecule has 7 heteroatoms. The van der Waals surface area contributed by atoms with Gasteiger partial charge in [0.2, 0.25) is 11.9 Å². The molecule has 0 unspecified atom stereocenters. The van der Waals surface area contributed by atoms with E-state index in [1.807, 2.05) is 6.07 Å². The molecule has 0 aliphatic carbocycles. The number of carbonyl (C=O) groups excluding carboxylic acids is 1. The lowest BCUT2D eigenvalue weighted by Gasteiger charge is -2.41. The highest BCUT2D eigenvalue weighted by atomic mass is 19.1. The van der Waals surface area contributed by atoms with Crippen LogP contribution in [0.1, 0.15) is 35.1 Å². The van der Waals surface area contributed by atoms with Crippen molar-refractivity contribution >= 4 is 5.91 Å². The van der Waals surface area contributed by atoms with Crippen molar-refractivity contribution in [1.82, 2.24) is 4.90 Å². The molecule has 31 heavy (non-hydrogen) atoms. The summed E-state index contributed by atoms with van der Waals surface area (Å²) in [6.07, 6.45) is 0.00540. The minimum atomic E-state index is -1.08. The van der Waals surface area contributed by atoms with Crippen molar-refractivity contribution in [2.75, 3.05) is 0 Å². The summed E-state index contributed by atoms with van der Waals surface area (Å²) in [5, 5.41) is 22.0. The van der Waals surface area contributed by atoms with Crippen molar-refractivity contribution < 1.29 is 19.2 Å². The van der Waals surface area contributed by atoms with Crippen molar-refractivity contribution in [1.29, 1.82) is 0 Å². The summed E-state index contributed by atoms with van der Waals surface area (Å²) in [5.74, 6) is -1.16. The van der Waals surface area contributed by atoms with Gasteiger partial charge in [0, 0.05) is 17.9 Å². The summed E-state index contributed by atoms with van der Waals surface area (Å²) in [6.45, 7) is 0.122. The number of nitrogens with zero attached hydrogens (tertiary/aromatic N) is 2. The number of halogens is 1. The molecule has 158 valence electrons. The van der Waals surface area contributed by atoms with Gasteiger partial charge in [-0.05, 0) is 41.0 Å². The number of benzene rings is 3. The number of hydrogen-bond donors (Lipinski definition) is 1. The molecule has 3 aromatic carbocycles. The van der Waals surface area contributed by atoms with Gasteiger partial charge in [-0.25, -0.2) is 4.39 Å². The summed E-state index contributed by atoms with van der Waals surface area (Å²) in [6, 6.07) is 19.0. The zero-order chi connectivity index (χ0) is 22.0. The first-order valence-corrected chi connectivity index (χ1v) is 9.95. The summed E-state index contributed by atoms with van der Waals surface area (Å²) in [4.78, 5) is 26.7. The van der Waals surface area contributed by atoms with Crippen LogP contribution in [0.3, 0.4) is 0 Å². The predicted octanol–water partition coefficient (Wildman–Crippen LogP) is 4.43. The molecule has 1 saturated heterocycles. The summed E-state index contributed by atoms with van der Waals surface area (Å²) < 4.78 is 13.3. The lowest BCUT2D eigenvalue weighted by molar-refractivity contribution is -0.537. The second-order valence-electron chi connectivity index (χ2n) is 7.68. The van der Waals surface area contributed by atoms with E-state index in [-0.39, 0.29) is 29.5 Å². The summed E-state index contributed by atoms with van der Waals surface area (Å²) in [5.41, 5.74) is 1.98. The first-order valence-electron chi connectivity index (χ1n) is 9.95. The van der Waals surface area contributed by atoms with E-state index in [2.05, 4.69) is 0 Å². The highest BCUT2D eigenvalue weighted by molar-refractivity contribution is 5.79. The van der Waals surface area contributed by atoms with Gasteiger partial charge in [-0.3, -0.25) is 14.9 Å². The fourth-order valence-electron chi connectivity index (χ4n) is 4.28. The maximum Gasteiger partial charge on any atom is 0.244 e. The maximum absolute atomic E-state index is 13.3. The van der Waals surface area contributed by atoms with Gasteiger partial charge in [0.25, 0.3) is 0 Å². The topological polar surface area (TPSA) is 83.7 Å². The molecule has 0 spiro atoms. The second-order valence-corrected chi connectivity index (χ2v) is 7.68. The van der Waals surface area contributed by atoms with E-state index in [0.717, 1.165) is 5.56 Å². The third kappa shape index (κ3) is 4.26. The van der Waals surface area contributed by atoms with Crippen LogP contribution >= 0.6 is 0 Å². The average Bonchev–Trinajstić information content (AvgIpc) is 2.77. The van der Waals surface area contributed by atoms with Crippen LogP contribution in [0.4, 0.5) is 4.39 Å². The van der Waals surface area contributed by atoms with Gasteiger partial charge in [-0.1, -0.05) is 54.6 Å². The number of nitro groups is 1. The Balaban J connectivity index is 1.80. The fraction of sp³-hybridized carbons (Fsp3) is 0.208. The number of phenols is 1. The lowest BCUT2D eigenvalue weighted by atomic mass is 9.78. The predicted molar refractivity (Wildman–Crippen MR) is 112 cm³/mol. The Hall–Kier alpha value is -3.74. The van der Waals surface area contributed by atoms with Gasteiger partial charge in [0.1, 0.15) is 17.6 Å². The lowest BCUT2D eigenvalue weighted by Crippen LogP contribution is -2.51. The van der Waals surface area contributed by atoms with Crippen molar-refractivity contribution in [3.8, 4) is 5.75 Å². The number of aromatic hydroxyl groups is 1. The van der Waals surface area contributed by atoms with E-state index >= 15 is 0 Å². The molecule has 4 rings (SSSR count). The van der Waals surface area contributed by atoms with Gasteiger partial charge < -0.3 is 10.0 Å². The van der Waals surface area contributed by atoms with Crippen LogP contribution in [0, 0.1) is 15.9 Å². The molecule has 0 bridgehead atoms. The van der Waals surface area contributed by atoms with E-state index in [0.29, 0.717) is 11.1 Å². The maximum atomic E-state index is 13.3. The Morgan fingerprint density at radius 3 is 2.23 bits per heavy atom. The van der Waals surface area contributed by atoms with Crippen LogP contribution in [0.25, 0.3) is 0 Å². The van der Waals surface area contributed by atoms with Crippen molar-refractivity contribution in [2.45, 2.75) is 31.0 Å². The Labute approximate surface area is 178 Å². The molecule has 1 fully saturated rings. The molecule has 1 N–H and O–H groups in total. The molecule has 3 aromatic rings. The number of piperidine rings is 1. The zero-order valence-corrected chi connectivity index (χ0v) is 16.6. The fourth-order valence-corrected chi connectivity index (χ4v) is 4.28. The Morgan fingerprint density at radius 2 is 1.61 bits per heavy atom. The monoisotopic (exact) mass is 420 g/mol. The number of hydrogen-bond acceptors (Lipinski definition) is 4. The number of carbonyl (C=O) groups is 1. The van der Waals surface area contributed by atoms with Crippen LogP contribution in [0.5, 0.6) is 5.75 Å². The van der Waals surface area contributed by atoms with Crippen LogP contribution in [-0.4, -0.2) is 26.9 Å². The van der Waals surface area contributed by atoms with E-state index < -0.39 is 23.8 Å². The number of amides is 1. The number of likely N-dealkylation sites (tertiary alicyclic amines) is 1. The van der Waals surface area contributed by atoms with Gasteiger partial charge in [0.15, 0.2) is 0 Å². The van der Waals surface area contributed by atoms with E-state index in [1.165, 1.54) is 29.2 Å². The van der Waals surface area contributed by atoms with Crippen LogP contribution in [-0.2, 0) is 11.3 Å². The molecule has 1 aliphatic rings. The molecule has 1 amide bonds. The van der Waals surface area contributed by atoms with Crippen LogP contribution in [0.2, 0.25) is 0 Å². The molecule has 0 radical (unpaired) electrons. The van der Waals surface area contributed by atoms with Gasteiger partial charge in [-0.2, -0.15) is 0 Å². The molecular weight excluding hydrogens is 399 g/mol. The van der Waals surface area contributed by atoms with Gasteiger partial charge >= 0.3 is 0 Å². The summed E-state index contributed by atoms with van der Waals surface area (Å²) in [7, 11) is 0. The third-order valence-corrected chi connectivity index (χ3v) is 5.76. The Kier molecular flexibility index (Phi) is 5.66. The standard InChI is InChI=1S/C24H21FN2O4/c25-19-10-6-16(7-11-19)15-26-22(29)14-21(17-4-2-1-3-5-17)24(27(30)31)23(26)18-8-12-20(28)13-9-18/h1-13,21,23-24,28H,14-15H2/t21-,23+,24-/m0/s1. The van der Waals surface area contributed by atoms with Gasteiger partial charge in [-0.15, -0.1) is 0 Å². The zero-order valence-electron chi connectivity index (χ0n) is 16.6. The molecule has 0 aromatic heterocycles. The minimum absolute atomic E-state index is 0.00540. The summed E-state index contributed by atoms with van der Waals surface area (Å²) >= 11 is 0. The van der Waals surface area contributed by atoms with E-state index in [9.17, 15) is 24.4 Å². The van der Waals surface area contributed by atoms with Crippen LogP contribution in [0.15, 0.2) is 78.9 Å². The Morgan fingerprint density at radius 1 is 0.968 bits per heavy atom. The SMILES string of the molecule is O=C1C[C@@H](c2ccccc2)[C@H]([N+](=O)[O-])[C@@H](c2ccc(O)cc2)N1Cc1ccc(F)cc1. The normalized spacial score (nSPS) is 21.1. The molecule has 1 heterocycles. The first kappa shape index (κ1) is 20.5. The highest BCUT2D eigenvalue weighted by Gasteiger charge is 2.50. The molecule has 1 aliphatic heterocycles. The quantitative estimate of drug-likeness (QED) is 0.489.